The summed E-state index contributed by atoms with van der Waals surface area (Å²) in [5.74, 6) is 0. The number of thiazole rings is 1. The number of piperidine rings is 1. The van der Waals surface area contributed by atoms with Crippen molar-refractivity contribution in [1.82, 2.24) is 14.9 Å². The predicted molar refractivity (Wildman–Crippen MR) is 97.5 cm³/mol. The Kier molecular flexibility index (Phi) is 5.12. The molecule has 0 radical (unpaired) electrons. The molecule has 1 atom stereocenters. The molecule has 4 rings (SSSR count). The van der Waals surface area contributed by atoms with E-state index in [4.69, 9.17) is 9.47 Å². The lowest BCUT2D eigenvalue weighted by molar-refractivity contribution is -0.0468. The maximum atomic E-state index is 6.20. The number of rotatable bonds is 5. The van der Waals surface area contributed by atoms with E-state index in [0.717, 1.165) is 49.6 Å². The minimum atomic E-state index is 0.0219. The fraction of sp³-hybridized carbons (Fsp3) is 0.579. The first-order valence-corrected chi connectivity index (χ1v) is 9.87. The van der Waals surface area contributed by atoms with E-state index in [1.165, 1.54) is 5.56 Å². The molecule has 2 saturated heterocycles. The van der Waals surface area contributed by atoms with Crippen LogP contribution < -0.4 is 0 Å². The number of hydrogen-bond acceptors (Lipinski definition) is 6. The van der Waals surface area contributed by atoms with Crippen LogP contribution in [0.1, 0.15) is 35.5 Å². The van der Waals surface area contributed by atoms with Gasteiger partial charge < -0.3 is 9.47 Å². The smallest absolute Gasteiger partial charge is 0.0901 e. The second kappa shape index (κ2) is 7.50. The SMILES string of the molecule is Cc1nc(CO[C@@H]2COC3(CCN(Cc4cccnc4)CC3)C2)cs1. The Balaban J connectivity index is 1.24. The highest BCUT2D eigenvalue weighted by Gasteiger charge is 2.43. The zero-order chi connectivity index (χ0) is 17.1. The third kappa shape index (κ3) is 4.26. The van der Waals surface area contributed by atoms with Crippen molar-refractivity contribution < 1.29 is 9.47 Å². The number of pyridine rings is 1. The first-order valence-electron chi connectivity index (χ1n) is 8.99. The van der Waals surface area contributed by atoms with E-state index >= 15 is 0 Å². The number of aromatic nitrogens is 2. The van der Waals surface area contributed by atoms with Crippen LogP contribution in [0.2, 0.25) is 0 Å². The maximum absolute atomic E-state index is 6.20. The van der Waals surface area contributed by atoms with Gasteiger partial charge in [-0.15, -0.1) is 11.3 Å². The van der Waals surface area contributed by atoms with Gasteiger partial charge in [0.15, 0.2) is 0 Å². The third-order valence-electron chi connectivity index (χ3n) is 5.20. The fourth-order valence-corrected chi connectivity index (χ4v) is 4.40. The summed E-state index contributed by atoms with van der Waals surface area (Å²) >= 11 is 1.68. The van der Waals surface area contributed by atoms with Gasteiger partial charge in [0.05, 0.1) is 35.6 Å². The molecule has 0 amide bonds. The summed E-state index contributed by atoms with van der Waals surface area (Å²) in [5.41, 5.74) is 2.34. The first kappa shape index (κ1) is 17.1. The van der Waals surface area contributed by atoms with Gasteiger partial charge in [-0.25, -0.2) is 4.98 Å². The summed E-state index contributed by atoms with van der Waals surface area (Å²) in [7, 11) is 0. The number of ether oxygens (including phenoxy) is 2. The molecule has 2 aliphatic rings. The van der Waals surface area contributed by atoms with Crippen LogP contribution in [-0.2, 0) is 22.6 Å². The molecule has 6 heteroatoms. The molecular weight excluding hydrogens is 334 g/mol. The molecule has 4 heterocycles. The molecule has 2 fully saturated rings. The monoisotopic (exact) mass is 359 g/mol. The quantitative estimate of drug-likeness (QED) is 0.820. The Morgan fingerprint density at radius 3 is 3.00 bits per heavy atom. The maximum Gasteiger partial charge on any atom is 0.0901 e. The third-order valence-corrected chi connectivity index (χ3v) is 6.03. The molecular formula is C19H25N3O2S. The van der Waals surface area contributed by atoms with Gasteiger partial charge in [-0.1, -0.05) is 6.07 Å². The molecule has 0 aliphatic carbocycles. The molecule has 0 unspecified atom stereocenters. The summed E-state index contributed by atoms with van der Waals surface area (Å²) < 4.78 is 12.3. The second-order valence-electron chi connectivity index (χ2n) is 7.13. The van der Waals surface area contributed by atoms with Gasteiger partial charge in [0.2, 0.25) is 0 Å². The minimum Gasteiger partial charge on any atom is -0.372 e. The number of likely N-dealkylation sites (tertiary alicyclic amines) is 1. The lowest BCUT2D eigenvalue weighted by Crippen LogP contribution is -2.43. The van der Waals surface area contributed by atoms with Gasteiger partial charge in [0.1, 0.15) is 0 Å². The van der Waals surface area contributed by atoms with Crippen LogP contribution >= 0.6 is 11.3 Å². The predicted octanol–water partition coefficient (Wildman–Crippen LogP) is 3.19. The van der Waals surface area contributed by atoms with E-state index in [1.54, 1.807) is 11.3 Å². The molecule has 2 aromatic rings. The Morgan fingerprint density at radius 2 is 2.28 bits per heavy atom. The zero-order valence-electron chi connectivity index (χ0n) is 14.7. The Morgan fingerprint density at radius 1 is 1.40 bits per heavy atom. The van der Waals surface area contributed by atoms with Gasteiger partial charge in [-0.2, -0.15) is 0 Å². The van der Waals surface area contributed by atoms with Crippen LogP contribution in [0.4, 0.5) is 0 Å². The van der Waals surface area contributed by atoms with Crippen molar-refractivity contribution in [3.63, 3.8) is 0 Å². The summed E-state index contributed by atoms with van der Waals surface area (Å²) in [5, 5.41) is 3.18. The molecule has 0 saturated carbocycles. The van der Waals surface area contributed by atoms with Crippen molar-refractivity contribution in [1.29, 1.82) is 0 Å². The molecule has 1 spiro atoms. The van der Waals surface area contributed by atoms with Crippen LogP contribution in [0.25, 0.3) is 0 Å². The van der Waals surface area contributed by atoms with Crippen molar-refractivity contribution in [2.75, 3.05) is 19.7 Å². The van der Waals surface area contributed by atoms with E-state index in [0.29, 0.717) is 13.2 Å². The highest BCUT2D eigenvalue weighted by Crippen LogP contribution is 2.37. The van der Waals surface area contributed by atoms with Crippen molar-refractivity contribution in [3.8, 4) is 0 Å². The molecule has 2 aromatic heterocycles. The molecule has 0 aromatic carbocycles. The summed E-state index contributed by atoms with van der Waals surface area (Å²) in [6, 6.07) is 4.15. The Hall–Kier alpha value is -1.34. The molecule has 5 nitrogen and oxygen atoms in total. The Bertz CT molecular complexity index is 683. The van der Waals surface area contributed by atoms with E-state index in [-0.39, 0.29) is 11.7 Å². The van der Waals surface area contributed by atoms with Gasteiger partial charge in [-0.05, 0) is 31.4 Å². The summed E-state index contributed by atoms with van der Waals surface area (Å²) in [6.45, 7) is 6.47. The van der Waals surface area contributed by atoms with E-state index < -0.39 is 0 Å². The van der Waals surface area contributed by atoms with Crippen molar-refractivity contribution in [2.45, 2.75) is 51.0 Å². The van der Waals surface area contributed by atoms with Crippen LogP contribution in [0.3, 0.4) is 0 Å². The van der Waals surface area contributed by atoms with Crippen LogP contribution in [-0.4, -0.2) is 46.3 Å². The van der Waals surface area contributed by atoms with Crippen molar-refractivity contribution in [2.24, 2.45) is 0 Å². The van der Waals surface area contributed by atoms with E-state index in [1.807, 2.05) is 25.4 Å². The van der Waals surface area contributed by atoms with Crippen LogP contribution in [0.5, 0.6) is 0 Å². The van der Waals surface area contributed by atoms with Crippen molar-refractivity contribution in [3.05, 3.63) is 46.2 Å². The molecule has 0 bridgehead atoms. The first-order chi connectivity index (χ1) is 12.2. The highest BCUT2D eigenvalue weighted by molar-refractivity contribution is 7.09. The van der Waals surface area contributed by atoms with Gasteiger partial charge in [0, 0.05) is 43.8 Å². The normalized spacial score (nSPS) is 23.3. The lowest BCUT2D eigenvalue weighted by atomic mass is 9.88. The largest absolute Gasteiger partial charge is 0.372 e. The topological polar surface area (TPSA) is 47.5 Å². The van der Waals surface area contributed by atoms with Crippen LogP contribution in [0, 0.1) is 6.92 Å². The van der Waals surface area contributed by atoms with E-state index in [2.05, 4.69) is 26.3 Å². The summed E-state index contributed by atoms with van der Waals surface area (Å²) in [6.07, 6.45) is 7.17. The van der Waals surface area contributed by atoms with Crippen molar-refractivity contribution >= 4 is 11.3 Å². The fourth-order valence-electron chi connectivity index (χ4n) is 3.80. The number of aryl methyl sites for hydroxylation is 1. The molecule has 0 N–H and O–H groups in total. The summed E-state index contributed by atoms with van der Waals surface area (Å²) in [4.78, 5) is 11.2. The number of nitrogens with zero attached hydrogens (tertiary/aromatic N) is 3. The van der Waals surface area contributed by atoms with E-state index in [9.17, 15) is 0 Å². The second-order valence-corrected chi connectivity index (χ2v) is 8.19. The molecule has 134 valence electrons. The van der Waals surface area contributed by atoms with Gasteiger partial charge in [0.25, 0.3) is 0 Å². The average Bonchev–Trinajstić information content (AvgIpc) is 3.23. The van der Waals surface area contributed by atoms with Gasteiger partial charge in [-0.3, -0.25) is 9.88 Å². The molecule has 2 aliphatic heterocycles. The number of hydrogen-bond donors (Lipinski definition) is 0. The standard InChI is InChI=1S/C19H25N3O2S/c1-15-21-17(14-25-15)12-23-18-9-19(24-13-18)4-7-22(8-5-19)11-16-3-2-6-20-10-16/h2-3,6,10,14,18H,4-5,7-9,11-13H2,1H3/t18-/m0/s1. The van der Waals surface area contributed by atoms with Gasteiger partial charge >= 0.3 is 0 Å². The molecule has 25 heavy (non-hydrogen) atoms. The Labute approximate surface area is 153 Å². The lowest BCUT2D eigenvalue weighted by Gasteiger charge is -2.38. The zero-order valence-corrected chi connectivity index (χ0v) is 15.5. The average molecular weight is 359 g/mol. The van der Waals surface area contributed by atoms with Crippen LogP contribution in [0.15, 0.2) is 29.9 Å². The minimum absolute atomic E-state index is 0.0219. The highest BCUT2D eigenvalue weighted by atomic mass is 32.1.